The van der Waals surface area contributed by atoms with Crippen LogP contribution in [0.5, 0.6) is 17.2 Å². The molecule has 0 spiro atoms. The molecule has 2 heterocycles. The number of methoxy groups -OCH3 is 3. The molecule has 9 heteroatoms. The van der Waals surface area contributed by atoms with Gasteiger partial charge >= 0.3 is 0 Å². The molecule has 1 fully saturated rings. The molecule has 8 nitrogen and oxygen atoms in total. The van der Waals surface area contributed by atoms with Crippen molar-refractivity contribution in [1.29, 1.82) is 0 Å². The van der Waals surface area contributed by atoms with Gasteiger partial charge in [-0.15, -0.1) is 24.0 Å². The van der Waals surface area contributed by atoms with Crippen LogP contribution in [0, 0.1) is 0 Å². The summed E-state index contributed by atoms with van der Waals surface area (Å²) in [6, 6.07) is 10.2. The van der Waals surface area contributed by atoms with Crippen molar-refractivity contribution in [3.8, 4) is 17.2 Å². The molecule has 33 heavy (non-hydrogen) atoms. The summed E-state index contributed by atoms with van der Waals surface area (Å²) in [5.41, 5.74) is 0.985. The molecule has 0 radical (unpaired) electrons. The van der Waals surface area contributed by atoms with Gasteiger partial charge in [0.25, 0.3) is 0 Å². The summed E-state index contributed by atoms with van der Waals surface area (Å²) >= 11 is 0. The number of halogens is 1. The van der Waals surface area contributed by atoms with Crippen molar-refractivity contribution in [2.75, 3.05) is 52.4 Å². The van der Waals surface area contributed by atoms with Crippen molar-refractivity contribution < 1.29 is 14.2 Å². The fourth-order valence-corrected chi connectivity index (χ4v) is 3.91. The number of hydrogen-bond donors (Lipinski definition) is 2. The fourth-order valence-electron chi connectivity index (χ4n) is 3.91. The van der Waals surface area contributed by atoms with Gasteiger partial charge in [-0.1, -0.05) is 6.07 Å². The van der Waals surface area contributed by atoms with Crippen LogP contribution in [0.4, 0.5) is 5.82 Å². The van der Waals surface area contributed by atoms with Gasteiger partial charge in [-0.2, -0.15) is 0 Å². The molecule has 182 valence electrons. The number of hydrogen-bond acceptors (Lipinski definition) is 6. The largest absolute Gasteiger partial charge is 0.496 e. The molecule has 0 bridgehead atoms. The second-order valence-corrected chi connectivity index (χ2v) is 7.61. The number of nitrogens with one attached hydrogen (secondary N) is 2. The highest BCUT2D eigenvalue weighted by molar-refractivity contribution is 14.0. The van der Waals surface area contributed by atoms with Crippen LogP contribution in [0.3, 0.4) is 0 Å². The lowest BCUT2D eigenvalue weighted by atomic mass is 10.1. The lowest BCUT2D eigenvalue weighted by molar-refractivity contribution is 0.369. The van der Waals surface area contributed by atoms with E-state index >= 15 is 0 Å². The highest BCUT2D eigenvalue weighted by Crippen LogP contribution is 2.34. The van der Waals surface area contributed by atoms with Gasteiger partial charge in [0, 0.05) is 56.1 Å². The number of benzene rings is 1. The molecule has 3 rings (SSSR count). The zero-order chi connectivity index (χ0) is 22.8. The molecule has 0 aliphatic carbocycles. The van der Waals surface area contributed by atoms with E-state index in [2.05, 4.69) is 33.5 Å². The van der Waals surface area contributed by atoms with Crippen LogP contribution in [0.1, 0.15) is 25.3 Å². The lowest BCUT2D eigenvalue weighted by Crippen LogP contribution is -2.49. The topological polar surface area (TPSA) is 80.2 Å². The summed E-state index contributed by atoms with van der Waals surface area (Å²) in [5, 5.41) is 6.96. The number of aromatic nitrogens is 1. The van der Waals surface area contributed by atoms with E-state index in [1.807, 2.05) is 30.5 Å². The van der Waals surface area contributed by atoms with E-state index in [9.17, 15) is 0 Å². The maximum atomic E-state index is 5.55. The number of nitrogens with zero attached hydrogens (tertiary/aromatic N) is 3. The minimum Gasteiger partial charge on any atom is -0.496 e. The Morgan fingerprint density at radius 3 is 2.33 bits per heavy atom. The third-order valence-electron chi connectivity index (χ3n) is 5.60. The lowest BCUT2D eigenvalue weighted by Gasteiger charge is -2.33. The molecule has 1 saturated heterocycles. The highest BCUT2D eigenvalue weighted by atomic mass is 127. The Balaban J connectivity index is 0.00000385. The van der Waals surface area contributed by atoms with Gasteiger partial charge in [0.05, 0.1) is 21.3 Å². The van der Waals surface area contributed by atoms with Crippen molar-refractivity contribution in [1.82, 2.24) is 15.6 Å². The fraction of sp³-hybridized carbons (Fsp3) is 0.500. The number of anilines is 1. The van der Waals surface area contributed by atoms with Gasteiger partial charge in [0.1, 0.15) is 23.1 Å². The Hall–Kier alpha value is -2.43. The molecule has 0 saturated carbocycles. The Bertz CT molecular complexity index is 849. The molecule has 1 aliphatic rings. The van der Waals surface area contributed by atoms with Crippen LogP contribution >= 0.6 is 24.0 Å². The molecule has 2 N–H and O–H groups in total. The van der Waals surface area contributed by atoms with E-state index in [0.717, 1.165) is 61.3 Å². The van der Waals surface area contributed by atoms with Crippen LogP contribution in [-0.4, -0.2) is 64.5 Å². The van der Waals surface area contributed by atoms with Gasteiger partial charge in [-0.25, -0.2) is 4.98 Å². The molecule has 1 aromatic heterocycles. The van der Waals surface area contributed by atoms with Gasteiger partial charge in [-0.3, -0.25) is 4.99 Å². The Morgan fingerprint density at radius 2 is 1.79 bits per heavy atom. The monoisotopic (exact) mass is 569 g/mol. The summed E-state index contributed by atoms with van der Waals surface area (Å²) in [5.74, 6) is 4.09. The number of ether oxygens (including phenoxy) is 3. The van der Waals surface area contributed by atoms with E-state index in [1.165, 1.54) is 0 Å². The van der Waals surface area contributed by atoms with Gasteiger partial charge in [-0.05, 0) is 38.3 Å². The van der Waals surface area contributed by atoms with E-state index in [1.54, 1.807) is 21.3 Å². The summed E-state index contributed by atoms with van der Waals surface area (Å²) in [6.45, 7) is 5.47. The second-order valence-electron chi connectivity index (χ2n) is 7.61. The first-order chi connectivity index (χ1) is 15.7. The van der Waals surface area contributed by atoms with Gasteiger partial charge in [0.15, 0.2) is 5.96 Å². The summed E-state index contributed by atoms with van der Waals surface area (Å²) in [4.78, 5) is 11.6. The Kier molecular flexibility index (Phi) is 11.4. The van der Waals surface area contributed by atoms with E-state index in [4.69, 9.17) is 19.2 Å². The highest BCUT2D eigenvalue weighted by Gasteiger charge is 2.21. The first-order valence-electron chi connectivity index (χ1n) is 11.2. The van der Waals surface area contributed by atoms with Gasteiger partial charge < -0.3 is 29.7 Å². The van der Waals surface area contributed by atoms with Crippen molar-refractivity contribution in [3.63, 3.8) is 0 Å². The second kappa shape index (κ2) is 14.0. The maximum absolute atomic E-state index is 5.55. The molecule has 0 atom stereocenters. The summed E-state index contributed by atoms with van der Waals surface area (Å²) < 4.78 is 16.4. The first-order valence-corrected chi connectivity index (χ1v) is 11.2. The van der Waals surface area contributed by atoms with Crippen molar-refractivity contribution in [2.45, 2.75) is 32.2 Å². The molecule has 1 aliphatic heterocycles. The zero-order valence-electron chi connectivity index (χ0n) is 20.0. The number of aliphatic imine (C=N–C) groups is 1. The SMILES string of the molecule is CCNC(=NCCc1c(OC)cc(OC)cc1OC)NC1CCN(c2ccccn2)CC1.I. The number of pyridine rings is 1. The molecular formula is C24H36IN5O3. The van der Waals surface area contributed by atoms with Crippen LogP contribution in [-0.2, 0) is 6.42 Å². The number of rotatable bonds is 9. The molecular weight excluding hydrogens is 533 g/mol. The molecule has 0 unspecified atom stereocenters. The van der Waals surface area contributed by atoms with Crippen LogP contribution < -0.4 is 29.7 Å². The van der Waals surface area contributed by atoms with E-state index in [-0.39, 0.29) is 24.0 Å². The quantitative estimate of drug-likeness (QED) is 0.272. The molecule has 0 amide bonds. The van der Waals surface area contributed by atoms with Crippen molar-refractivity contribution >= 4 is 35.8 Å². The zero-order valence-corrected chi connectivity index (χ0v) is 22.3. The van der Waals surface area contributed by atoms with E-state index < -0.39 is 0 Å². The maximum Gasteiger partial charge on any atom is 0.191 e. The van der Waals surface area contributed by atoms with E-state index in [0.29, 0.717) is 24.8 Å². The minimum atomic E-state index is 0. The first kappa shape index (κ1) is 26.8. The van der Waals surface area contributed by atoms with Crippen LogP contribution in [0.2, 0.25) is 0 Å². The average Bonchev–Trinajstić information content (AvgIpc) is 2.85. The summed E-state index contributed by atoms with van der Waals surface area (Å²) in [6.07, 6.45) is 4.63. The smallest absolute Gasteiger partial charge is 0.191 e. The Morgan fingerprint density at radius 1 is 1.09 bits per heavy atom. The molecule has 1 aromatic carbocycles. The van der Waals surface area contributed by atoms with Gasteiger partial charge in [0.2, 0.25) is 0 Å². The Labute approximate surface area is 214 Å². The third kappa shape index (κ3) is 7.55. The number of piperidine rings is 1. The predicted molar refractivity (Wildman–Crippen MR) is 144 cm³/mol. The minimum absolute atomic E-state index is 0. The normalized spacial score (nSPS) is 14.3. The third-order valence-corrected chi connectivity index (χ3v) is 5.60. The predicted octanol–water partition coefficient (Wildman–Crippen LogP) is 3.49. The van der Waals surface area contributed by atoms with Crippen LogP contribution in [0.15, 0.2) is 41.5 Å². The number of guanidine groups is 1. The standard InChI is InChI=1S/C24H35N5O3.HI/c1-5-25-24(28-18-10-14-29(15-11-18)23-8-6-7-12-26-23)27-13-9-20-21(31-3)16-19(30-2)17-22(20)32-4;/h6-8,12,16-18H,5,9-11,13-15H2,1-4H3,(H2,25,27,28);1H. The average molecular weight is 569 g/mol. The molecule has 2 aromatic rings. The van der Waals surface area contributed by atoms with Crippen molar-refractivity contribution in [3.05, 3.63) is 42.1 Å². The van der Waals surface area contributed by atoms with Crippen LogP contribution in [0.25, 0.3) is 0 Å². The summed E-state index contributed by atoms with van der Waals surface area (Å²) in [7, 11) is 4.95. The van der Waals surface area contributed by atoms with Crippen molar-refractivity contribution in [2.24, 2.45) is 4.99 Å².